The van der Waals surface area contributed by atoms with E-state index in [4.69, 9.17) is 9.72 Å². The van der Waals surface area contributed by atoms with E-state index in [9.17, 15) is 4.79 Å². The minimum absolute atomic E-state index is 0.276. The van der Waals surface area contributed by atoms with Gasteiger partial charge in [0, 0.05) is 29.8 Å². The Bertz CT molecular complexity index is 694. The molecule has 0 atom stereocenters. The minimum atomic E-state index is 0.276. The van der Waals surface area contributed by atoms with E-state index in [1.165, 1.54) is 4.88 Å². The molecule has 4 nitrogen and oxygen atoms in total. The second-order valence-electron chi connectivity index (χ2n) is 6.02. The van der Waals surface area contributed by atoms with Crippen LogP contribution in [0.5, 0.6) is 5.75 Å². The maximum atomic E-state index is 12.2. The van der Waals surface area contributed by atoms with Crippen LogP contribution in [0.4, 0.5) is 0 Å². The molecule has 1 aromatic carbocycles. The van der Waals surface area contributed by atoms with Crippen LogP contribution in [0.1, 0.15) is 43.7 Å². The second-order valence-corrected chi connectivity index (χ2v) is 7.10. The molecule has 1 aliphatic heterocycles. The molecule has 1 amide bonds. The van der Waals surface area contributed by atoms with Gasteiger partial charge in [-0.05, 0) is 37.6 Å². The lowest BCUT2D eigenvalue weighted by Crippen LogP contribution is -2.35. The summed E-state index contributed by atoms with van der Waals surface area (Å²) in [5.41, 5.74) is 2.27. The number of hydrogen-bond donors (Lipinski definition) is 0. The van der Waals surface area contributed by atoms with Crippen LogP contribution in [-0.4, -0.2) is 28.9 Å². The van der Waals surface area contributed by atoms with Crippen molar-refractivity contribution in [2.24, 2.45) is 0 Å². The highest BCUT2D eigenvalue weighted by Crippen LogP contribution is 2.32. The number of fused-ring (bicyclic) bond motifs is 1. The quantitative estimate of drug-likeness (QED) is 0.785. The van der Waals surface area contributed by atoms with E-state index in [1.54, 1.807) is 11.3 Å². The summed E-state index contributed by atoms with van der Waals surface area (Å²) in [6, 6.07) is 8.08. The lowest BCUT2D eigenvalue weighted by atomic mass is 10.1. The predicted octanol–water partition coefficient (Wildman–Crippen LogP) is 4.28. The summed E-state index contributed by atoms with van der Waals surface area (Å²) in [6.45, 7) is 6.28. The molecule has 3 rings (SSSR count). The number of aromatic nitrogens is 1. The molecule has 0 unspecified atom stereocenters. The zero-order valence-electron chi connectivity index (χ0n) is 14.4. The van der Waals surface area contributed by atoms with Gasteiger partial charge >= 0.3 is 0 Å². The number of ether oxygens (including phenoxy) is 1. The SMILES string of the molecule is CCCCC(=O)N1CCc2nc(-c3ccc(OCC)cc3)sc2C1. The molecule has 1 aliphatic rings. The molecule has 1 aromatic heterocycles. The van der Waals surface area contributed by atoms with Crippen LogP contribution in [0.15, 0.2) is 24.3 Å². The highest BCUT2D eigenvalue weighted by atomic mass is 32.1. The van der Waals surface area contributed by atoms with Crippen LogP contribution in [0.3, 0.4) is 0 Å². The number of hydrogen-bond acceptors (Lipinski definition) is 4. The molecule has 0 N–H and O–H groups in total. The summed E-state index contributed by atoms with van der Waals surface area (Å²) >= 11 is 1.71. The van der Waals surface area contributed by atoms with Gasteiger partial charge in [-0.3, -0.25) is 4.79 Å². The molecule has 0 radical (unpaired) electrons. The Balaban J connectivity index is 1.72. The third kappa shape index (κ3) is 3.78. The van der Waals surface area contributed by atoms with Crippen molar-refractivity contribution in [1.82, 2.24) is 9.88 Å². The van der Waals surface area contributed by atoms with Gasteiger partial charge in [0.2, 0.25) is 5.91 Å². The molecule has 0 spiro atoms. The molecule has 2 aromatic rings. The van der Waals surface area contributed by atoms with Crippen molar-refractivity contribution in [1.29, 1.82) is 0 Å². The Hall–Kier alpha value is -1.88. The molecule has 0 bridgehead atoms. The molecule has 5 heteroatoms. The number of rotatable bonds is 6. The van der Waals surface area contributed by atoms with E-state index in [0.29, 0.717) is 19.6 Å². The van der Waals surface area contributed by atoms with Crippen molar-refractivity contribution in [3.05, 3.63) is 34.8 Å². The molecular weight excluding hydrogens is 320 g/mol. The Morgan fingerprint density at radius 2 is 2.08 bits per heavy atom. The molecule has 0 saturated heterocycles. The van der Waals surface area contributed by atoms with Crippen LogP contribution in [0.2, 0.25) is 0 Å². The molecule has 0 aliphatic carbocycles. The van der Waals surface area contributed by atoms with Crippen molar-refractivity contribution in [3.63, 3.8) is 0 Å². The van der Waals surface area contributed by atoms with E-state index >= 15 is 0 Å². The first-order valence-electron chi connectivity index (χ1n) is 8.70. The lowest BCUT2D eigenvalue weighted by Gasteiger charge is -2.26. The van der Waals surface area contributed by atoms with E-state index in [1.807, 2.05) is 24.0 Å². The molecule has 0 fully saturated rings. The zero-order valence-corrected chi connectivity index (χ0v) is 15.2. The van der Waals surface area contributed by atoms with Crippen LogP contribution in [0.25, 0.3) is 10.6 Å². The maximum Gasteiger partial charge on any atom is 0.222 e. The average molecular weight is 344 g/mol. The van der Waals surface area contributed by atoms with Gasteiger partial charge in [-0.25, -0.2) is 4.98 Å². The summed E-state index contributed by atoms with van der Waals surface area (Å²) in [7, 11) is 0. The fraction of sp³-hybridized carbons (Fsp3) is 0.474. The molecule has 128 valence electrons. The van der Waals surface area contributed by atoms with E-state index in [-0.39, 0.29) is 5.91 Å². The topological polar surface area (TPSA) is 42.4 Å². The first kappa shape index (κ1) is 17.0. The van der Waals surface area contributed by atoms with Gasteiger partial charge in [-0.15, -0.1) is 11.3 Å². The van der Waals surface area contributed by atoms with E-state index in [0.717, 1.165) is 47.8 Å². The summed E-state index contributed by atoms with van der Waals surface area (Å²) in [5.74, 6) is 1.16. The van der Waals surface area contributed by atoms with Crippen LogP contribution < -0.4 is 4.74 Å². The number of benzene rings is 1. The van der Waals surface area contributed by atoms with Gasteiger partial charge in [-0.1, -0.05) is 13.3 Å². The number of unbranched alkanes of at least 4 members (excludes halogenated alkanes) is 1. The summed E-state index contributed by atoms with van der Waals surface area (Å²) < 4.78 is 5.49. The third-order valence-corrected chi connectivity index (χ3v) is 5.37. The van der Waals surface area contributed by atoms with Crippen molar-refractivity contribution >= 4 is 17.2 Å². The first-order chi connectivity index (χ1) is 11.7. The first-order valence-corrected chi connectivity index (χ1v) is 9.52. The Labute approximate surface area is 147 Å². The lowest BCUT2D eigenvalue weighted by molar-refractivity contribution is -0.132. The van der Waals surface area contributed by atoms with Gasteiger partial charge in [0.05, 0.1) is 18.8 Å². The fourth-order valence-electron chi connectivity index (χ4n) is 2.88. The van der Waals surface area contributed by atoms with Crippen molar-refractivity contribution < 1.29 is 9.53 Å². The molecule has 0 saturated carbocycles. The third-order valence-electron chi connectivity index (χ3n) is 4.24. The van der Waals surface area contributed by atoms with Gasteiger partial charge in [-0.2, -0.15) is 0 Å². The molecular formula is C19H24N2O2S. The van der Waals surface area contributed by atoms with Crippen LogP contribution in [0, 0.1) is 0 Å². The number of nitrogens with zero attached hydrogens (tertiary/aromatic N) is 2. The van der Waals surface area contributed by atoms with Gasteiger partial charge in [0.15, 0.2) is 0 Å². The van der Waals surface area contributed by atoms with Crippen molar-refractivity contribution in [2.75, 3.05) is 13.2 Å². The Morgan fingerprint density at radius 3 is 2.79 bits per heavy atom. The highest BCUT2D eigenvalue weighted by molar-refractivity contribution is 7.15. The second kappa shape index (κ2) is 7.79. The van der Waals surface area contributed by atoms with Crippen molar-refractivity contribution in [3.8, 4) is 16.3 Å². The molecule has 2 heterocycles. The number of carbonyl (C=O) groups is 1. The minimum Gasteiger partial charge on any atom is -0.494 e. The standard InChI is InChI=1S/C19H24N2O2S/c1-3-5-6-18(22)21-12-11-16-17(13-21)24-19(20-16)14-7-9-15(10-8-14)23-4-2/h7-10H,3-6,11-13H2,1-2H3. The predicted molar refractivity (Wildman–Crippen MR) is 97.4 cm³/mol. The Morgan fingerprint density at radius 1 is 1.29 bits per heavy atom. The fourth-order valence-corrected chi connectivity index (χ4v) is 4.01. The Kier molecular flexibility index (Phi) is 5.51. The van der Waals surface area contributed by atoms with Gasteiger partial charge in [0.1, 0.15) is 10.8 Å². The van der Waals surface area contributed by atoms with Gasteiger partial charge in [0.25, 0.3) is 0 Å². The normalized spacial score (nSPS) is 13.7. The van der Waals surface area contributed by atoms with E-state index < -0.39 is 0 Å². The number of amides is 1. The monoisotopic (exact) mass is 344 g/mol. The number of carbonyl (C=O) groups excluding carboxylic acids is 1. The number of thiazole rings is 1. The smallest absolute Gasteiger partial charge is 0.222 e. The molecule has 24 heavy (non-hydrogen) atoms. The van der Waals surface area contributed by atoms with Crippen molar-refractivity contribution in [2.45, 2.75) is 46.1 Å². The largest absolute Gasteiger partial charge is 0.494 e. The highest BCUT2D eigenvalue weighted by Gasteiger charge is 2.24. The summed E-state index contributed by atoms with van der Waals surface area (Å²) in [4.78, 5) is 20.2. The zero-order chi connectivity index (χ0) is 16.9. The average Bonchev–Trinajstić information content (AvgIpc) is 3.03. The van der Waals surface area contributed by atoms with Crippen LogP contribution in [-0.2, 0) is 17.8 Å². The van der Waals surface area contributed by atoms with Gasteiger partial charge < -0.3 is 9.64 Å². The summed E-state index contributed by atoms with van der Waals surface area (Å²) in [6.07, 6.45) is 3.56. The maximum absolute atomic E-state index is 12.2. The van der Waals surface area contributed by atoms with E-state index in [2.05, 4.69) is 19.1 Å². The van der Waals surface area contributed by atoms with Crippen LogP contribution >= 0.6 is 11.3 Å². The summed E-state index contributed by atoms with van der Waals surface area (Å²) in [5, 5.41) is 1.03.